The standard InChI is InChI=1S/C20H21ClN4O2/c1-13-11-15(22)8-9-24(13)20(26)17-12-18(19-3-2-10-27-19)25(23-17)16-6-4-14(21)5-7-16/h2-7,10,12-13,15H,8-9,11,22H2,1H3. The van der Waals surface area contributed by atoms with Crippen molar-refractivity contribution in [3.05, 3.63) is 59.4 Å². The van der Waals surface area contributed by atoms with Crippen molar-refractivity contribution in [2.75, 3.05) is 6.54 Å². The highest BCUT2D eigenvalue weighted by atomic mass is 35.5. The fourth-order valence-corrected chi connectivity index (χ4v) is 3.65. The summed E-state index contributed by atoms with van der Waals surface area (Å²) in [5, 5.41) is 5.22. The van der Waals surface area contributed by atoms with Gasteiger partial charge in [-0.2, -0.15) is 5.10 Å². The van der Waals surface area contributed by atoms with Crippen molar-refractivity contribution in [2.45, 2.75) is 31.8 Å². The maximum atomic E-state index is 13.1. The van der Waals surface area contributed by atoms with Crippen LogP contribution in [0.15, 0.2) is 53.1 Å². The first-order valence-electron chi connectivity index (χ1n) is 8.99. The maximum absolute atomic E-state index is 13.1. The van der Waals surface area contributed by atoms with Crippen LogP contribution in [0.4, 0.5) is 0 Å². The van der Waals surface area contributed by atoms with E-state index in [1.165, 1.54) is 0 Å². The third-order valence-electron chi connectivity index (χ3n) is 4.95. The number of carbonyl (C=O) groups is 1. The van der Waals surface area contributed by atoms with Crippen molar-refractivity contribution in [3.8, 4) is 17.1 Å². The molecule has 0 saturated carbocycles. The number of nitrogens with two attached hydrogens (primary N) is 1. The number of rotatable bonds is 3. The Hall–Kier alpha value is -2.57. The Kier molecular flexibility index (Phi) is 4.76. The minimum absolute atomic E-state index is 0.0880. The van der Waals surface area contributed by atoms with Gasteiger partial charge in [0.1, 0.15) is 5.69 Å². The summed E-state index contributed by atoms with van der Waals surface area (Å²) in [5.74, 6) is 0.556. The molecular formula is C20H21ClN4O2. The Morgan fingerprint density at radius 2 is 2.07 bits per heavy atom. The summed E-state index contributed by atoms with van der Waals surface area (Å²) in [6, 6.07) is 13.0. The van der Waals surface area contributed by atoms with Gasteiger partial charge in [-0.25, -0.2) is 4.68 Å². The highest BCUT2D eigenvalue weighted by molar-refractivity contribution is 6.30. The lowest BCUT2D eigenvalue weighted by Gasteiger charge is -2.35. The number of nitrogens with zero attached hydrogens (tertiary/aromatic N) is 3. The third kappa shape index (κ3) is 3.50. The van der Waals surface area contributed by atoms with Gasteiger partial charge in [0.25, 0.3) is 5.91 Å². The van der Waals surface area contributed by atoms with Crippen LogP contribution in [0.5, 0.6) is 0 Å². The van der Waals surface area contributed by atoms with E-state index in [4.69, 9.17) is 21.8 Å². The summed E-state index contributed by atoms with van der Waals surface area (Å²) in [6.45, 7) is 2.67. The van der Waals surface area contributed by atoms with E-state index in [0.717, 1.165) is 18.5 Å². The zero-order valence-corrected chi connectivity index (χ0v) is 15.8. The highest BCUT2D eigenvalue weighted by Gasteiger charge is 2.30. The van der Waals surface area contributed by atoms with E-state index in [1.54, 1.807) is 29.1 Å². The topological polar surface area (TPSA) is 77.3 Å². The van der Waals surface area contributed by atoms with Crippen LogP contribution in [-0.4, -0.2) is 39.2 Å². The molecule has 2 N–H and O–H groups in total. The number of amides is 1. The van der Waals surface area contributed by atoms with Gasteiger partial charge in [0.2, 0.25) is 0 Å². The molecule has 2 unspecified atom stereocenters. The molecule has 7 heteroatoms. The highest BCUT2D eigenvalue weighted by Crippen LogP contribution is 2.27. The molecule has 1 saturated heterocycles. The number of aromatic nitrogens is 2. The van der Waals surface area contributed by atoms with Crippen molar-refractivity contribution in [2.24, 2.45) is 5.73 Å². The van der Waals surface area contributed by atoms with E-state index < -0.39 is 0 Å². The average molecular weight is 385 g/mol. The van der Waals surface area contributed by atoms with Crippen LogP contribution < -0.4 is 5.73 Å². The Morgan fingerprint density at radius 1 is 1.30 bits per heavy atom. The Labute approximate surface area is 162 Å². The number of hydrogen-bond acceptors (Lipinski definition) is 4. The predicted octanol–water partition coefficient (Wildman–Crippen LogP) is 3.74. The van der Waals surface area contributed by atoms with Crippen molar-refractivity contribution >= 4 is 17.5 Å². The molecule has 1 amide bonds. The molecule has 1 aliphatic heterocycles. The third-order valence-corrected chi connectivity index (χ3v) is 5.20. The van der Waals surface area contributed by atoms with Crippen LogP contribution in [0.25, 0.3) is 17.1 Å². The first kappa shape index (κ1) is 17.8. The maximum Gasteiger partial charge on any atom is 0.274 e. The summed E-state index contributed by atoms with van der Waals surface area (Å²) in [7, 11) is 0. The first-order chi connectivity index (χ1) is 13.0. The molecule has 3 aromatic rings. The molecule has 0 radical (unpaired) electrons. The van der Waals surface area contributed by atoms with E-state index >= 15 is 0 Å². The van der Waals surface area contributed by atoms with Crippen LogP contribution in [0.2, 0.25) is 5.02 Å². The predicted molar refractivity (Wildman–Crippen MR) is 104 cm³/mol. The number of benzene rings is 1. The lowest BCUT2D eigenvalue weighted by atomic mass is 9.99. The number of furan rings is 1. The van der Waals surface area contributed by atoms with Gasteiger partial charge in [-0.05, 0) is 56.2 Å². The van der Waals surface area contributed by atoms with Gasteiger partial charge in [0, 0.05) is 29.7 Å². The second kappa shape index (κ2) is 7.21. The monoisotopic (exact) mass is 384 g/mol. The van der Waals surface area contributed by atoms with Crippen LogP contribution in [0.3, 0.4) is 0 Å². The van der Waals surface area contributed by atoms with E-state index in [-0.39, 0.29) is 18.0 Å². The molecular weight excluding hydrogens is 364 g/mol. The summed E-state index contributed by atoms with van der Waals surface area (Å²) < 4.78 is 7.26. The molecule has 1 aliphatic rings. The van der Waals surface area contributed by atoms with E-state index in [9.17, 15) is 4.79 Å². The van der Waals surface area contributed by atoms with Gasteiger partial charge in [-0.15, -0.1) is 0 Å². The summed E-state index contributed by atoms with van der Waals surface area (Å²) in [4.78, 5) is 14.9. The van der Waals surface area contributed by atoms with E-state index in [1.807, 2.05) is 36.1 Å². The molecule has 0 spiro atoms. The minimum atomic E-state index is -0.0880. The Bertz CT molecular complexity index is 934. The fraction of sp³-hybridized carbons (Fsp3) is 0.300. The van der Waals surface area contributed by atoms with Gasteiger partial charge in [0.05, 0.1) is 12.0 Å². The molecule has 4 rings (SSSR count). The molecule has 0 bridgehead atoms. The van der Waals surface area contributed by atoms with Crippen LogP contribution in [0.1, 0.15) is 30.3 Å². The first-order valence-corrected chi connectivity index (χ1v) is 9.37. The lowest BCUT2D eigenvalue weighted by molar-refractivity contribution is 0.0612. The Morgan fingerprint density at radius 3 is 2.74 bits per heavy atom. The molecule has 27 heavy (non-hydrogen) atoms. The average Bonchev–Trinajstić information content (AvgIpc) is 3.31. The molecule has 1 fully saturated rings. The lowest BCUT2D eigenvalue weighted by Crippen LogP contribution is -2.48. The molecule has 2 aromatic heterocycles. The van der Waals surface area contributed by atoms with Gasteiger partial charge in [-0.3, -0.25) is 4.79 Å². The van der Waals surface area contributed by atoms with E-state index in [0.29, 0.717) is 28.7 Å². The molecule has 3 heterocycles. The SMILES string of the molecule is CC1CC(N)CCN1C(=O)c1cc(-c2ccco2)n(-c2ccc(Cl)cc2)n1. The number of likely N-dealkylation sites (tertiary alicyclic amines) is 1. The van der Waals surface area contributed by atoms with E-state index in [2.05, 4.69) is 5.10 Å². The number of hydrogen-bond donors (Lipinski definition) is 1. The molecule has 140 valence electrons. The van der Waals surface area contributed by atoms with Gasteiger partial charge < -0.3 is 15.1 Å². The number of carbonyl (C=O) groups excluding carboxylic acids is 1. The molecule has 2 atom stereocenters. The van der Waals surface area contributed by atoms with Crippen molar-refractivity contribution in [3.63, 3.8) is 0 Å². The minimum Gasteiger partial charge on any atom is -0.463 e. The smallest absolute Gasteiger partial charge is 0.274 e. The van der Waals surface area contributed by atoms with Crippen molar-refractivity contribution in [1.29, 1.82) is 0 Å². The fourth-order valence-electron chi connectivity index (χ4n) is 3.52. The summed E-state index contributed by atoms with van der Waals surface area (Å²) in [5.41, 5.74) is 7.93. The normalized spacial score (nSPS) is 20.0. The van der Waals surface area contributed by atoms with Crippen LogP contribution >= 0.6 is 11.6 Å². The zero-order chi connectivity index (χ0) is 19.0. The second-order valence-corrected chi connectivity index (χ2v) is 7.35. The largest absolute Gasteiger partial charge is 0.463 e. The molecule has 0 aliphatic carbocycles. The molecule has 6 nitrogen and oxygen atoms in total. The number of piperidine rings is 1. The van der Waals surface area contributed by atoms with Crippen molar-refractivity contribution in [1.82, 2.24) is 14.7 Å². The van der Waals surface area contributed by atoms with Gasteiger partial charge in [0.15, 0.2) is 11.5 Å². The van der Waals surface area contributed by atoms with Crippen molar-refractivity contribution < 1.29 is 9.21 Å². The Balaban J connectivity index is 1.73. The summed E-state index contributed by atoms with van der Waals surface area (Å²) in [6.07, 6.45) is 3.21. The zero-order valence-electron chi connectivity index (χ0n) is 15.0. The quantitative estimate of drug-likeness (QED) is 0.746. The van der Waals surface area contributed by atoms with Gasteiger partial charge >= 0.3 is 0 Å². The van der Waals surface area contributed by atoms with Gasteiger partial charge in [-0.1, -0.05) is 11.6 Å². The second-order valence-electron chi connectivity index (χ2n) is 6.91. The molecule has 1 aromatic carbocycles. The number of halogens is 1. The summed E-state index contributed by atoms with van der Waals surface area (Å²) >= 11 is 6.00. The van der Waals surface area contributed by atoms with Crippen LogP contribution in [0, 0.1) is 0 Å². The van der Waals surface area contributed by atoms with Crippen LogP contribution in [-0.2, 0) is 0 Å².